The highest BCUT2D eigenvalue weighted by molar-refractivity contribution is 7.15. The van der Waals surface area contributed by atoms with Crippen molar-refractivity contribution in [1.82, 2.24) is 20.4 Å². The number of hydrogen-bond acceptors (Lipinski definition) is 6. The molecular formula is C25H26ClN5O3S. The van der Waals surface area contributed by atoms with Crippen LogP contribution in [-0.2, 0) is 4.79 Å². The number of likely N-dealkylation sites (tertiary alicyclic amines) is 1. The van der Waals surface area contributed by atoms with Gasteiger partial charge in [-0.05, 0) is 49.4 Å². The topological polar surface area (TPSA) is 104 Å². The van der Waals surface area contributed by atoms with Crippen LogP contribution >= 0.6 is 22.9 Å². The lowest BCUT2D eigenvalue weighted by atomic mass is 9.93. The summed E-state index contributed by atoms with van der Waals surface area (Å²) in [5.41, 5.74) is 1.61. The average Bonchev–Trinajstić information content (AvgIpc) is 3.35. The molecule has 1 atom stereocenters. The molecule has 0 spiro atoms. The highest BCUT2D eigenvalue weighted by Gasteiger charge is 2.28. The van der Waals surface area contributed by atoms with Crippen LogP contribution < -0.4 is 10.6 Å². The molecule has 35 heavy (non-hydrogen) atoms. The molecule has 1 fully saturated rings. The first-order chi connectivity index (χ1) is 16.9. The number of benzene rings is 2. The minimum atomic E-state index is -0.446. The zero-order chi connectivity index (χ0) is 24.8. The Kier molecular flexibility index (Phi) is 8.09. The Labute approximate surface area is 212 Å². The Morgan fingerprint density at radius 1 is 1.06 bits per heavy atom. The van der Waals surface area contributed by atoms with Crippen LogP contribution in [0.2, 0.25) is 5.02 Å². The number of amides is 3. The van der Waals surface area contributed by atoms with Crippen molar-refractivity contribution < 1.29 is 14.4 Å². The van der Waals surface area contributed by atoms with Crippen LogP contribution in [0.3, 0.4) is 0 Å². The van der Waals surface area contributed by atoms with Gasteiger partial charge in [0, 0.05) is 30.2 Å². The lowest BCUT2D eigenvalue weighted by Gasteiger charge is -2.31. The number of carbonyl (C=O) groups is 3. The van der Waals surface area contributed by atoms with Crippen molar-refractivity contribution in [3.8, 4) is 0 Å². The lowest BCUT2D eigenvalue weighted by molar-refractivity contribution is -0.122. The molecule has 8 nitrogen and oxygen atoms in total. The van der Waals surface area contributed by atoms with Crippen LogP contribution in [0.4, 0.5) is 5.69 Å². The number of anilines is 1. The smallest absolute Gasteiger partial charge is 0.286 e. The highest BCUT2D eigenvalue weighted by Crippen LogP contribution is 2.24. The van der Waals surface area contributed by atoms with Crippen molar-refractivity contribution in [3.63, 3.8) is 0 Å². The van der Waals surface area contributed by atoms with Gasteiger partial charge >= 0.3 is 0 Å². The number of carbonyl (C=O) groups excluding carboxylic acids is 3. The first-order valence-corrected chi connectivity index (χ1v) is 12.6. The van der Waals surface area contributed by atoms with Gasteiger partial charge in [-0.25, -0.2) is 0 Å². The van der Waals surface area contributed by atoms with E-state index in [1.807, 2.05) is 37.3 Å². The Morgan fingerprint density at radius 3 is 2.49 bits per heavy atom. The van der Waals surface area contributed by atoms with Gasteiger partial charge in [0.05, 0.1) is 6.04 Å². The SMILES string of the molecule is C[C@H](NC(=O)CC1CCN(C(=O)c2nnc(C(=O)Nc3cccc(Cl)c3)s2)CC1)c1ccccc1. The van der Waals surface area contributed by atoms with Gasteiger partial charge in [-0.15, -0.1) is 10.2 Å². The second kappa shape index (κ2) is 11.4. The van der Waals surface area contributed by atoms with E-state index in [4.69, 9.17) is 11.6 Å². The monoisotopic (exact) mass is 511 g/mol. The minimum Gasteiger partial charge on any atom is -0.350 e. The molecular weight excluding hydrogens is 486 g/mol. The fourth-order valence-electron chi connectivity index (χ4n) is 4.02. The molecule has 1 aliphatic heterocycles. The molecule has 0 radical (unpaired) electrons. The molecule has 4 rings (SSSR count). The quantitative estimate of drug-likeness (QED) is 0.483. The van der Waals surface area contributed by atoms with Crippen molar-refractivity contribution >= 4 is 46.3 Å². The molecule has 10 heteroatoms. The van der Waals surface area contributed by atoms with Gasteiger partial charge in [0.25, 0.3) is 11.8 Å². The van der Waals surface area contributed by atoms with Crippen molar-refractivity contribution in [2.45, 2.75) is 32.2 Å². The summed E-state index contributed by atoms with van der Waals surface area (Å²) in [6.45, 7) is 3.05. The Balaban J connectivity index is 1.25. The third-order valence-electron chi connectivity index (χ3n) is 5.94. The average molecular weight is 512 g/mol. The fourth-order valence-corrected chi connectivity index (χ4v) is 4.91. The molecule has 0 bridgehead atoms. The van der Waals surface area contributed by atoms with E-state index >= 15 is 0 Å². The van der Waals surface area contributed by atoms with E-state index in [0.717, 1.165) is 29.7 Å². The molecule has 182 valence electrons. The molecule has 2 heterocycles. The summed E-state index contributed by atoms with van der Waals surface area (Å²) in [6, 6.07) is 16.6. The van der Waals surface area contributed by atoms with E-state index in [1.165, 1.54) is 0 Å². The minimum absolute atomic E-state index is 0.0191. The lowest BCUT2D eigenvalue weighted by Crippen LogP contribution is -2.39. The van der Waals surface area contributed by atoms with Gasteiger partial charge < -0.3 is 15.5 Å². The summed E-state index contributed by atoms with van der Waals surface area (Å²) in [7, 11) is 0. The standard InChI is InChI=1S/C25H26ClN5O3S/c1-16(18-6-3-2-4-7-18)27-21(32)14-17-10-12-31(13-11-17)25(34)24-30-29-23(35-24)22(33)28-20-9-5-8-19(26)15-20/h2-9,15-17H,10-14H2,1H3,(H,27,32)(H,28,33)/t16-/m0/s1. The summed E-state index contributed by atoms with van der Waals surface area (Å²) >= 11 is 6.90. The van der Waals surface area contributed by atoms with Crippen molar-refractivity contribution in [2.75, 3.05) is 18.4 Å². The van der Waals surface area contributed by atoms with Gasteiger partial charge in [-0.2, -0.15) is 0 Å². The van der Waals surface area contributed by atoms with E-state index in [-0.39, 0.29) is 33.8 Å². The fraction of sp³-hybridized carbons (Fsp3) is 0.320. The highest BCUT2D eigenvalue weighted by atomic mass is 35.5. The summed E-state index contributed by atoms with van der Waals surface area (Å²) in [4.78, 5) is 39.5. The first kappa shape index (κ1) is 24.8. The Bertz CT molecular complexity index is 1190. The number of aromatic nitrogens is 2. The third-order valence-corrected chi connectivity index (χ3v) is 7.08. The van der Waals surface area contributed by atoms with E-state index in [1.54, 1.807) is 29.2 Å². The molecule has 0 saturated carbocycles. The molecule has 2 N–H and O–H groups in total. The number of halogens is 1. The van der Waals surface area contributed by atoms with Crippen LogP contribution in [0.25, 0.3) is 0 Å². The molecule has 3 aromatic rings. The first-order valence-electron chi connectivity index (χ1n) is 11.4. The van der Waals surface area contributed by atoms with E-state index < -0.39 is 5.91 Å². The maximum atomic E-state index is 12.9. The van der Waals surface area contributed by atoms with Gasteiger partial charge in [0.2, 0.25) is 15.9 Å². The maximum Gasteiger partial charge on any atom is 0.286 e. The molecule has 0 unspecified atom stereocenters. The largest absolute Gasteiger partial charge is 0.350 e. The number of piperidine rings is 1. The number of rotatable bonds is 7. The van der Waals surface area contributed by atoms with Gasteiger partial charge in [0.1, 0.15) is 0 Å². The summed E-state index contributed by atoms with van der Waals surface area (Å²) in [5.74, 6) is -0.454. The molecule has 2 aromatic carbocycles. The molecule has 3 amide bonds. The molecule has 1 saturated heterocycles. The van der Waals surface area contributed by atoms with Crippen LogP contribution in [0.1, 0.15) is 57.4 Å². The maximum absolute atomic E-state index is 12.9. The van der Waals surface area contributed by atoms with E-state index in [2.05, 4.69) is 20.8 Å². The van der Waals surface area contributed by atoms with Crippen LogP contribution in [-0.4, -0.2) is 45.9 Å². The number of nitrogens with zero attached hydrogens (tertiary/aromatic N) is 3. The van der Waals surface area contributed by atoms with E-state index in [0.29, 0.717) is 30.2 Å². The molecule has 0 aliphatic carbocycles. The van der Waals surface area contributed by atoms with E-state index in [9.17, 15) is 14.4 Å². The van der Waals surface area contributed by atoms with Gasteiger partial charge in [-0.3, -0.25) is 14.4 Å². The van der Waals surface area contributed by atoms with Crippen molar-refractivity contribution in [2.24, 2.45) is 5.92 Å². The number of nitrogens with one attached hydrogen (secondary N) is 2. The molecule has 1 aliphatic rings. The molecule has 1 aromatic heterocycles. The Morgan fingerprint density at radius 2 is 1.77 bits per heavy atom. The summed E-state index contributed by atoms with van der Waals surface area (Å²) in [5, 5.41) is 14.3. The van der Waals surface area contributed by atoms with Gasteiger partial charge in [0.15, 0.2) is 0 Å². The predicted octanol–water partition coefficient (Wildman–Crippen LogP) is 4.56. The van der Waals surface area contributed by atoms with Crippen LogP contribution in [0.15, 0.2) is 54.6 Å². The summed E-state index contributed by atoms with van der Waals surface area (Å²) < 4.78 is 0. The zero-order valence-electron chi connectivity index (χ0n) is 19.2. The second-order valence-corrected chi connectivity index (χ2v) is 9.93. The third kappa shape index (κ3) is 6.64. The number of hydrogen-bond donors (Lipinski definition) is 2. The summed E-state index contributed by atoms with van der Waals surface area (Å²) in [6.07, 6.45) is 1.91. The van der Waals surface area contributed by atoms with Crippen molar-refractivity contribution in [3.05, 3.63) is 75.2 Å². The van der Waals surface area contributed by atoms with Gasteiger partial charge in [-0.1, -0.05) is 59.3 Å². The van der Waals surface area contributed by atoms with Crippen LogP contribution in [0, 0.1) is 5.92 Å². The predicted molar refractivity (Wildman–Crippen MR) is 136 cm³/mol. The normalized spacial score (nSPS) is 14.9. The Hall–Kier alpha value is -3.30. The van der Waals surface area contributed by atoms with Crippen molar-refractivity contribution in [1.29, 1.82) is 0 Å². The van der Waals surface area contributed by atoms with Crippen LogP contribution in [0.5, 0.6) is 0 Å². The zero-order valence-corrected chi connectivity index (χ0v) is 20.8. The second-order valence-electron chi connectivity index (χ2n) is 8.52.